The number of nitrogens with zero attached hydrogens (tertiary/aromatic N) is 2. The number of methoxy groups -OCH3 is 1. The van der Waals surface area contributed by atoms with E-state index in [0.717, 1.165) is 19.3 Å². The molecule has 7 nitrogen and oxygen atoms in total. The molecule has 1 aliphatic rings. The third kappa shape index (κ3) is 1.37. The lowest BCUT2D eigenvalue weighted by Gasteiger charge is -2.22. The molecule has 0 aliphatic heterocycles. The molecule has 14 heavy (non-hydrogen) atoms. The monoisotopic (exact) mass is 200 g/mol. The largest absolute Gasteiger partial charge is 0.415 e. The number of hydrogen-bond acceptors (Lipinski definition) is 5. The molecule has 2 unspecified atom stereocenters. The van der Waals surface area contributed by atoms with E-state index in [1.807, 2.05) is 0 Å². The number of nitro groups is 2. The van der Waals surface area contributed by atoms with Gasteiger partial charge in [-0.2, -0.15) is 0 Å². The van der Waals surface area contributed by atoms with E-state index < -0.39 is 21.6 Å². The quantitative estimate of drug-likeness (QED) is 0.372. The smallest absolute Gasteiger partial charge is 0.309 e. The van der Waals surface area contributed by atoms with Crippen LogP contribution in [0.15, 0.2) is 24.3 Å². The van der Waals surface area contributed by atoms with Crippen molar-refractivity contribution in [1.29, 1.82) is 0 Å². The molecule has 0 spiro atoms. The van der Waals surface area contributed by atoms with Crippen LogP contribution >= 0.6 is 0 Å². The highest BCUT2D eigenvalue weighted by Crippen LogP contribution is 2.24. The molecule has 0 aromatic carbocycles. The highest BCUT2D eigenvalue weighted by Gasteiger charge is 2.57. The van der Waals surface area contributed by atoms with Crippen LogP contribution in [-0.2, 0) is 4.74 Å². The van der Waals surface area contributed by atoms with Gasteiger partial charge in [0.25, 0.3) is 0 Å². The molecule has 76 valence electrons. The molecule has 0 bridgehead atoms. The van der Waals surface area contributed by atoms with E-state index in [1.165, 1.54) is 12.2 Å². The first kappa shape index (κ1) is 10.3. The first-order valence-corrected chi connectivity index (χ1v) is 3.74. The van der Waals surface area contributed by atoms with Crippen LogP contribution < -0.4 is 0 Å². The summed E-state index contributed by atoms with van der Waals surface area (Å²) in [6.07, 6.45) is 4.94. The number of ether oxygens (including phenoxy) is 1. The van der Waals surface area contributed by atoms with Crippen molar-refractivity contribution < 1.29 is 14.6 Å². The zero-order chi connectivity index (χ0) is 10.8. The summed E-state index contributed by atoms with van der Waals surface area (Å²) in [6, 6.07) is -1.49. The van der Waals surface area contributed by atoms with Crippen LogP contribution in [0.2, 0.25) is 0 Å². The van der Waals surface area contributed by atoms with Gasteiger partial charge in [0.15, 0.2) is 0 Å². The molecule has 1 rings (SSSR count). The second-order valence-corrected chi connectivity index (χ2v) is 2.69. The van der Waals surface area contributed by atoms with E-state index >= 15 is 0 Å². The van der Waals surface area contributed by atoms with E-state index in [0.29, 0.717) is 0 Å². The Labute approximate surface area is 79.0 Å². The number of hydrogen-bond donors (Lipinski definition) is 0. The summed E-state index contributed by atoms with van der Waals surface area (Å²) in [5, 5.41) is 21.3. The SMILES string of the molecule is COC1([N+](=O)[O-])C=CC=CC1[N+](=O)[O-]. The molecular weight excluding hydrogens is 192 g/mol. The van der Waals surface area contributed by atoms with Crippen molar-refractivity contribution in [3.63, 3.8) is 0 Å². The summed E-state index contributed by atoms with van der Waals surface area (Å²) < 4.78 is 4.64. The van der Waals surface area contributed by atoms with E-state index in [-0.39, 0.29) is 0 Å². The minimum absolute atomic E-state index is 0.744. The van der Waals surface area contributed by atoms with Gasteiger partial charge in [-0.25, -0.2) is 0 Å². The van der Waals surface area contributed by atoms with Gasteiger partial charge in [0, 0.05) is 18.1 Å². The molecule has 0 saturated carbocycles. The lowest BCUT2D eigenvalue weighted by Crippen LogP contribution is -2.52. The maximum Gasteiger partial charge on any atom is 0.415 e. The van der Waals surface area contributed by atoms with Gasteiger partial charge in [-0.15, -0.1) is 0 Å². The summed E-state index contributed by atoms with van der Waals surface area (Å²) in [5.74, 6) is 0. The highest BCUT2D eigenvalue weighted by atomic mass is 16.7. The Morgan fingerprint density at radius 2 is 2.00 bits per heavy atom. The average molecular weight is 200 g/mol. The average Bonchev–Trinajstić information content (AvgIpc) is 2.17. The van der Waals surface area contributed by atoms with E-state index in [2.05, 4.69) is 4.74 Å². The van der Waals surface area contributed by atoms with E-state index in [4.69, 9.17) is 0 Å². The number of rotatable bonds is 3. The molecule has 0 fully saturated rings. The third-order valence-corrected chi connectivity index (χ3v) is 2.00. The molecule has 0 N–H and O–H groups in total. The van der Waals surface area contributed by atoms with Gasteiger partial charge in [0.2, 0.25) is 0 Å². The van der Waals surface area contributed by atoms with Crippen molar-refractivity contribution in [1.82, 2.24) is 0 Å². The molecule has 7 heteroatoms. The Morgan fingerprint density at radius 3 is 2.36 bits per heavy atom. The Kier molecular flexibility index (Phi) is 2.61. The van der Waals surface area contributed by atoms with Crippen molar-refractivity contribution in [2.45, 2.75) is 11.8 Å². The van der Waals surface area contributed by atoms with Crippen molar-refractivity contribution in [2.24, 2.45) is 0 Å². The van der Waals surface area contributed by atoms with Crippen LogP contribution in [-0.4, -0.2) is 28.7 Å². The molecule has 2 atom stereocenters. The third-order valence-electron chi connectivity index (χ3n) is 2.00. The summed E-state index contributed by atoms with van der Waals surface area (Å²) in [4.78, 5) is 19.7. The molecule has 0 heterocycles. The molecule has 0 saturated heterocycles. The van der Waals surface area contributed by atoms with Gasteiger partial charge < -0.3 is 4.74 Å². The topological polar surface area (TPSA) is 95.5 Å². The lowest BCUT2D eigenvalue weighted by molar-refractivity contribution is -0.676. The molecular formula is C7H8N2O5. The zero-order valence-corrected chi connectivity index (χ0v) is 7.32. The predicted molar refractivity (Wildman–Crippen MR) is 45.8 cm³/mol. The molecule has 0 amide bonds. The van der Waals surface area contributed by atoms with Crippen molar-refractivity contribution in [3.8, 4) is 0 Å². The van der Waals surface area contributed by atoms with Crippen LogP contribution in [0.4, 0.5) is 0 Å². The zero-order valence-electron chi connectivity index (χ0n) is 7.32. The summed E-state index contributed by atoms with van der Waals surface area (Å²) in [5.41, 5.74) is -2.09. The van der Waals surface area contributed by atoms with Crippen LogP contribution in [0.5, 0.6) is 0 Å². The first-order valence-electron chi connectivity index (χ1n) is 3.74. The molecule has 0 aromatic rings. The second-order valence-electron chi connectivity index (χ2n) is 2.69. The van der Waals surface area contributed by atoms with Crippen LogP contribution in [0.3, 0.4) is 0 Å². The minimum Gasteiger partial charge on any atom is -0.309 e. The molecule has 1 aliphatic carbocycles. The van der Waals surface area contributed by atoms with Gasteiger partial charge in [-0.1, -0.05) is 12.2 Å². The highest BCUT2D eigenvalue weighted by molar-refractivity contribution is 5.19. The van der Waals surface area contributed by atoms with Crippen molar-refractivity contribution >= 4 is 0 Å². The fourth-order valence-corrected chi connectivity index (χ4v) is 1.25. The normalized spacial score (nSPS) is 30.2. The van der Waals surface area contributed by atoms with Crippen molar-refractivity contribution in [2.75, 3.05) is 7.11 Å². The van der Waals surface area contributed by atoms with Crippen LogP contribution in [0.1, 0.15) is 0 Å². The van der Waals surface area contributed by atoms with Gasteiger partial charge >= 0.3 is 11.8 Å². The van der Waals surface area contributed by atoms with Gasteiger partial charge in [0.05, 0.1) is 4.92 Å². The first-order chi connectivity index (χ1) is 6.54. The fraction of sp³-hybridized carbons (Fsp3) is 0.429. The van der Waals surface area contributed by atoms with E-state index in [1.54, 1.807) is 0 Å². The molecule has 0 radical (unpaired) electrons. The number of allylic oxidation sites excluding steroid dienone is 2. The standard InChI is InChI=1S/C7H8N2O5/c1-14-7(9(12)13)5-3-2-4-6(7)8(10)11/h2-6H,1H3. The van der Waals surface area contributed by atoms with E-state index in [9.17, 15) is 20.2 Å². The maximum absolute atomic E-state index is 10.7. The van der Waals surface area contributed by atoms with Gasteiger partial charge in [-0.3, -0.25) is 20.2 Å². The summed E-state index contributed by atoms with van der Waals surface area (Å²) in [6.45, 7) is 0. The lowest BCUT2D eigenvalue weighted by atomic mass is 10.00. The Bertz CT molecular complexity index is 324. The predicted octanol–water partition coefficient (Wildman–Crippen LogP) is 0.377. The summed E-state index contributed by atoms with van der Waals surface area (Å²) in [7, 11) is 1.07. The second kappa shape index (κ2) is 3.54. The minimum atomic E-state index is -2.09. The van der Waals surface area contributed by atoms with Gasteiger partial charge in [0.1, 0.15) is 0 Å². The maximum atomic E-state index is 10.7. The Morgan fingerprint density at radius 1 is 1.36 bits per heavy atom. The Hall–Kier alpha value is -1.76. The Balaban J connectivity index is 3.15. The van der Waals surface area contributed by atoms with Gasteiger partial charge in [-0.05, 0) is 6.08 Å². The van der Waals surface area contributed by atoms with Crippen molar-refractivity contribution in [3.05, 3.63) is 44.5 Å². The summed E-state index contributed by atoms with van der Waals surface area (Å²) >= 11 is 0. The molecule has 0 aromatic heterocycles. The fourth-order valence-electron chi connectivity index (χ4n) is 1.25. The van der Waals surface area contributed by atoms with Crippen LogP contribution in [0, 0.1) is 20.2 Å². The van der Waals surface area contributed by atoms with Crippen LogP contribution in [0.25, 0.3) is 0 Å².